The molecule has 0 unspecified atom stereocenters. The van der Waals surface area contributed by atoms with Crippen molar-refractivity contribution in [1.29, 1.82) is 0 Å². The van der Waals surface area contributed by atoms with Gasteiger partial charge in [0.05, 0.1) is 0 Å². The topological polar surface area (TPSA) is 6.48 Å². The highest BCUT2D eigenvalue weighted by molar-refractivity contribution is 6.08. The molecule has 0 saturated carbocycles. The Balaban J connectivity index is 1.06. The highest BCUT2D eigenvalue weighted by Gasteiger charge is 2.37. The zero-order valence-electron chi connectivity index (χ0n) is 35.2. The van der Waals surface area contributed by atoms with Gasteiger partial charge in [0.2, 0.25) is 0 Å². The Bertz CT molecular complexity index is 2960. The Morgan fingerprint density at radius 2 is 0.617 bits per heavy atom. The fourth-order valence-electron chi connectivity index (χ4n) is 10.6. The Labute approximate surface area is 354 Å². The summed E-state index contributed by atoms with van der Waals surface area (Å²) >= 11 is 0. The molecule has 9 aromatic rings. The van der Waals surface area contributed by atoms with Crippen LogP contribution in [0.15, 0.2) is 182 Å². The second kappa shape index (κ2) is 13.3. The van der Waals surface area contributed by atoms with E-state index in [1.165, 1.54) is 77.2 Å². The van der Waals surface area contributed by atoms with E-state index in [2.05, 4.69) is 233 Å². The van der Waals surface area contributed by atoms with Gasteiger partial charge in [-0.1, -0.05) is 137 Å². The first-order valence-corrected chi connectivity index (χ1v) is 21.3. The molecule has 2 nitrogen and oxygen atoms in total. The smallest absolute Gasteiger partial charge is 0.0468 e. The maximum atomic E-state index is 2.43. The average molecular weight is 773 g/mol. The van der Waals surface area contributed by atoms with Crippen LogP contribution in [0.4, 0.5) is 34.1 Å². The largest absolute Gasteiger partial charge is 0.310 e. The molecule has 290 valence electrons. The Kier molecular flexibility index (Phi) is 8.03. The lowest BCUT2D eigenvalue weighted by Gasteiger charge is -2.29. The molecular weight excluding hydrogens is 725 g/mol. The quantitative estimate of drug-likeness (QED) is 0.155. The normalized spacial score (nSPS) is 14.1. The summed E-state index contributed by atoms with van der Waals surface area (Å²) in [6.45, 7) is 14.0. The monoisotopic (exact) mass is 772 g/mol. The number of rotatable bonds is 6. The number of fused-ring (bicyclic) bond motifs is 8. The summed E-state index contributed by atoms with van der Waals surface area (Å²) in [4.78, 5) is 4.86. The van der Waals surface area contributed by atoms with Crippen LogP contribution in [0.1, 0.15) is 61.1 Å². The van der Waals surface area contributed by atoms with Crippen molar-refractivity contribution in [3.63, 3.8) is 0 Å². The molecular formula is C58H48N2. The zero-order valence-corrected chi connectivity index (χ0v) is 35.2. The molecule has 0 bridgehead atoms. The molecule has 0 aliphatic heterocycles. The van der Waals surface area contributed by atoms with E-state index in [9.17, 15) is 0 Å². The molecule has 0 amide bonds. The van der Waals surface area contributed by atoms with Crippen molar-refractivity contribution in [2.24, 2.45) is 0 Å². The highest BCUT2D eigenvalue weighted by atomic mass is 15.1. The van der Waals surface area contributed by atoms with Gasteiger partial charge in [-0.05, 0) is 164 Å². The summed E-state index contributed by atoms with van der Waals surface area (Å²) < 4.78 is 0. The van der Waals surface area contributed by atoms with Crippen LogP contribution in [0.2, 0.25) is 0 Å². The van der Waals surface area contributed by atoms with Crippen molar-refractivity contribution in [2.45, 2.75) is 52.4 Å². The van der Waals surface area contributed by atoms with Crippen LogP contribution >= 0.6 is 0 Å². The van der Waals surface area contributed by atoms with Gasteiger partial charge in [-0.3, -0.25) is 0 Å². The van der Waals surface area contributed by atoms with Crippen LogP contribution < -0.4 is 9.80 Å². The molecule has 11 rings (SSSR count). The molecule has 0 radical (unpaired) electrons. The molecule has 9 aromatic carbocycles. The molecule has 0 atom stereocenters. The summed E-state index contributed by atoms with van der Waals surface area (Å²) in [6.07, 6.45) is 0. The molecule has 0 fully saturated rings. The van der Waals surface area contributed by atoms with E-state index in [1.54, 1.807) is 0 Å². The number of hydrogen-bond acceptors (Lipinski definition) is 2. The molecule has 2 aliphatic rings. The molecule has 60 heavy (non-hydrogen) atoms. The number of aryl methyl sites for hydroxylation is 2. The summed E-state index contributed by atoms with van der Waals surface area (Å²) in [5.41, 5.74) is 20.2. The minimum absolute atomic E-state index is 0.0906. The molecule has 0 N–H and O–H groups in total. The van der Waals surface area contributed by atoms with Gasteiger partial charge in [0.1, 0.15) is 0 Å². The first-order valence-electron chi connectivity index (χ1n) is 21.3. The fourth-order valence-corrected chi connectivity index (χ4v) is 10.6. The third kappa shape index (κ3) is 5.33. The molecule has 2 aliphatic carbocycles. The second-order valence-electron chi connectivity index (χ2n) is 17.9. The summed E-state index contributed by atoms with van der Waals surface area (Å²) in [7, 11) is 0. The maximum absolute atomic E-state index is 2.43. The number of nitrogens with zero attached hydrogens (tertiary/aromatic N) is 2. The lowest BCUT2D eigenvalue weighted by atomic mass is 9.82. The lowest BCUT2D eigenvalue weighted by molar-refractivity contribution is 0.660. The van der Waals surface area contributed by atoms with Gasteiger partial charge in [-0.2, -0.15) is 0 Å². The third-order valence-electron chi connectivity index (χ3n) is 13.8. The third-order valence-corrected chi connectivity index (χ3v) is 13.8. The van der Waals surface area contributed by atoms with Crippen molar-refractivity contribution in [3.05, 3.63) is 215 Å². The SMILES string of the molecule is Cc1c2ccc(N(c3ccccc3)c3ccc4c(c3)C(C)(C)c3ccccc3-4)cc2c(C)c2cc(N(c3ccccc3)c3ccc4c(c3)C(C)(C)c3ccccc3-4)ccc12. The van der Waals surface area contributed by atoms with E-state index in [0.717, 1.165) is 34.1 Å². The summed E-state index contributed by atoms with van der Waals surface area (Å²) in [6, 6.07) is 67.7. The second-order valence-corrected chi connectivity index (χ2v) is 17.9. The van der Waals surface area contributed by atoms with Gasteiger partial charge in [-0.15, -0.1) is 0 Å². The maximum Gasteiger partial charge on any atom is 0.0468 e. The molecule has 0 aromatic heterocycles. The van der Waals surface area contributed by atoms with E-state index < -0.39 is 0 Å². The van der Waals surface area contributed by atoms with Crippen molar-refractivity contribution in [2.75, 3.05) is 9.80 Å². The van der Waals surface area contributed by atoms with Crippen molar-refractivity contribution in [3.8, 4) is 22.3 Å². The van der Waals surface area contributed by atoms with Crippen LogP contribution in [0.25, 0.3) is 43.8 Å². The number of hydrogen-bond donors (Lipinski definition) is 0. The molecule has 0 spiro atoms. The van der Waals surface area contributed by atoms with E-state index in [-0.39, 0.29) is 10.8 Å². The van der Waals surface area contributed by atoms with Gasteiger partial charge in [-0.25, -0.2) is 0 Å². The van der Waals surface area contributed by atoms with Crippen LogP contribution in [-0.4, -0.2) is 0 Å². The number of para-hydroxylation sites is 2. The number of anilines is 6. The van der Waals surface area contributed by atoms with Gasteiger partial charge in [0.25, 0.3) is 0 Å². The van der Waals surface area contributed by atoms with E-state index >= 15 is 0 Å². The molecule has 0 saturated heterocycles. The minimum atomic E-state index is -0.0906. The van der Waals surface area contributed by atoms with Crippen molar-refractivity contribution < 1.29 is 0 Å². The van der Waals surface area contributed by atoms with Crippen molar-refractivity contribution in [1.82, 2.24) is 0 Å². The van der Waals surface area contributed by atoms with E-state index in [4.69, 9.17) is 0 Å². The van der Waals surface area contributed by atoms with Gasteiger partial charge < -0.3 is 9.80 Å². The van der Waals surface area contributed by atoms with Gasteiger partial charge in [0.15, 0.2) is 0 Å². The molecule has 2 heteroatoms. The first-order chi connectivity index (χ1) is 29.1. The van der Waals surface area contributed by atoms with E-state index in [1.807, 2.05) is 0 Å². The van der Waals surface area contributed by atoms with Crippen molar-refractivity contribution >= 4 is 55.7 Å². The van der Waals surface area contributed by atoms with Crippen LogP contribution in [0, 0.1) is 13.8 Å². The Hall–Kier alpha value is -6.90. The standard InChI is InChI=1S/C58H48N2/c1-37-45-29-25-41(59(39-17-9-7-10-18-39)43-27-31-49-47-21-13-15-23-53(47)57(3,4)55(49)35-43)33-51(45)38(2)52-34-42(26-30-46(37)52)60(40-19-11-8-12-20-40)44-28-32-50-48-22-14-16-24-54(48)58(5,6)56(50)36-44/h7-36H,1-6H3. The van der Waals surface area contributed by atoms with Gasteiger partial charge >= 0.3 is 0 Å². The van der Waals surface area contributed by atoms with Crippen LogP contribution in [0.3, 0.4) is 0 Å². The minimum Gasteiger partial charge on any atom is -0.310 e. The predicted molar refractivity (Wildman–Crippen MR) is 255 cm³/mol. The summed E-state index contributed by atoms with van der Waals surface area (Å²) in [5, 5.41) is 5.12. The lowest BCUT2D eigenvalue weighted by Crippen LogP contribution is -2.16. The van der Waals surface area contributed by atoms with E-state index in [0.29, 0.717) is 0 Å². The summed E-state index contributed by atoms with van der Waals surface area (Å²) in [5.74, 6) is 0. The first kappa shape index (κ1) is 36.2. The highest BCUT2D eigenvalue weighted by Crippen LogP contribution is 2.52. The van der Waals surface area contributed by atoms with Crippen LogP contribution in [0.5, 0.6) is 0 Å². The fraction of sp³-hybridized carbons (Fsp3) is 0.138. The zero-order chi connectivity index (χ0) is 40.9. The number of benzene rings is 9. The Morgan fingerprint density at radius 3 is 1.05 bits per heavy atom. The van der Waals surface area contributed by atoms with Crippen LogP contribution in [-0.2, 0) is 10.8 Å². The Morgan fingerprint density at radius 1 is 0.283 bits per heavy atom. The molecule has 0 heterocycles. The van der Waals surface area contributed by atoms with Gasteiger partial charge in [0, 0.05) is 45.0 Å². The predicted octanol–water partition coefficient (Wildman–Crippen LogP) is 16.2. The average Bonchev–Trinajstić information content (AvgIpc) is 3.65.